The summed E-state index contributed by atoms with van der Waals surface area (Å²) in [6.45, 7) is 1.94. The number of guanidine groups is 1. The van der Waals surface area contributed by atoms with E-state index in [-0.39, 0.29) is 5.60 Å². The van der Waals surface area contributed by atoms with Crippen LogP contribution in [-0.4, -0.2) is 44.5 Å². The summed E-state index contributed by atoms with van der Waals surface area (Å²) in [6, 6.07) is 0.548. The minimum absolute atomic E-state index is 0.254. The van der Waals surface area contributed by atoms with Crippen LogP contribution in [0.5, 0.6) is 0 Å². The van der Waals surface area contributed by atoms with Gasteiger partial charge in [-0.05, 0) is 12.8 Å². The van der Waals surface area contributed by atoms with E-state index in [4.69, 9.17) is 15.2 Å². The number of rotatable bonds is 4. The maximum atomic E-state index is 5.75. The maximum Gasteiger partial charge on any atom is 0.188 e. The second kappa shape index (κ2) is 4.37. The lowest BCUT2D eigenvalue weighted by atomic mass is 10.0. The first-order valence-corrected chi connectivity index (χ1v) is 5.43. The molecule has 1 saturated carbocycles. The van der Waals surface area contributed by atoms with Gasteiger partial charge in [-0.2, -0.15) is 0 Å². The van der Waals surface area contributed by atoms with Crippen LogP contribution in [0.25, 0.3) is 0 Å². The largest absolute Gasteiger partial charge is 0.378 e. The number of methoxy groups -OCH3 is 1. The molecule has 0 aromatic rings. The van der Waals surface area contributed by atoms with E-state index in [9.17, 15) is 0 Å². The SMILES string of the molecule is COC1(CN=C(N)NC2CC2)CCOC1. The summed E-state index contributed by atoms with van der Waals surface area (Å²) < 4.78 is 10.8. The molecule has 0 spiro atoms. The molecule has 15 heavy (non-hydrogen) atoms. The predicted octanol–water partition coefficient (Wildman–Crippen LogP) is -0.141. The van der Waals surface area contributed by atoms with Gasteiger partial charge < -0.3 is 20.5 Å². The fraction of sp³-hybridized carbons (Fsp3) is 0.900. The van der Waals surface area contributed by atoms with Crippen molar-refractivity contribution >= 4 is 5.96 Å². The van der Waals surface area contributed by atoms with Gasteiger partial charge >= 0.3 is 0 Å². The Morgan fingerprint density at radius 3 is 3.00 bits per heavy atom. The highest BCUT2D eigenvalue weighted by Gasteiger charge is 2.34. The van der Waals surface area contributed by atoms with Crippen LogP contribution in [-0.2, 0) is 9.47 Å². The molecule has 2 aliphatic rings. The number of nitrogens with one attached hydrogen (secondary N) is 1. The first-order valence-electron chi connectivity index (χ1n) is 5.43. The van der Waals surface area contributed by atoms with Gasteiger partial charge in [-0.25, -0.2) is 0 Å². The van der Waals surface area contributed by atoms with Crippen molar-refractivity contribution in [3.63, 3.8) is 0 Å². The molecule has 5 nitrogen and oxygen atoms in total. The Labute approximate surface area is 90.0 Å². The third kappa shape index (κ3) is 2.82. The predicted molar refractivity (Wildman–Crippen MR) is 57.8 cm³/mol. The monoisotopic (exact) mass is 213 g/mol. The van der Waals surface area contributed by atoms with Gasteiger partial charge in [0.2, 0.25) is 0 Å². The van der Waals surface area contributed by atoms with Crippen LogP contribution >= 0.6 is 0 Å². The lowest BCUT2D eigenvalue weighted by molar-refractivity contribution is -0.00905. The van der Waals surface area contributed by atoms with E-state index in [1.807, 2.05) is 0 Å². The Bertz CT molecular complexity index is 245. The van der Waals surface area contributed by atoms with Gasteiger partial charge in [-0.3, -0.25) is 4.99 Å². The van der Waals surface area contributed by atoms with E-state index < -0.39 is 0 Å². The number of hydrogen-bond donors (Lipinski definition) is 2. The number of nitrogens with zero attached hydrogens (tertiary/aromatic N) is 1. The van der Waals surface area contributed by atoms with Gasteiger partial charge in [-0.15, -0.1) is 0 Å². The topological polar surface area (TPSA) is 68.9 Å². The fourth-order valence-electron chi connectivity index (χ4n) is 1.65. The Morgan fingerprint density at radius 1 is 1.67 bits per heavy atom. The average molecular weight is 213 g/mol. The molecule has 1 unspecified atom stereocenters. The molecule has 1 heterocycles. The summed E-state index contributed by atoms with van der Waals surface area (Å²) in [7, 11) is 1.70. The van der Waals surface area contributed by atoms with Crippen molar-refractivity contribution in [1.82, 2.24) is 5.32 Å². The van der Waals surface area contributed by atoms with Crippen LogP contribution in [0.3, 0.4) is 0 Å². The summed E-state index contributed by atoms with van der Waals surface area (Å²) >= 11 is 0. The molecule has 2 rings (SSSR count). The summed E-state index contributed by atoms with van der Waals surface area (Å²) in [5, 5.41) is 3.15. The van der Waals surface area contributed by atoms with Gasteiger partial charge in [0.15, 0.2) is 5.96 Å². The zero-order valence-corrected chi connectivity index (χ0v) is 9.16. The molecule has 2 fully saturated rings. The molecule has 3 N–H and O–H groups in total. The van der Waals surface area contributed by atoms with Crippen molar-refractivity contribution in [2.24, 2.45) is 10.7 Å². The van der Waals surface area contributed by atoms with Crippen LogP contribution in [0.4, 0.5) is 0 Å². The first-order chi connectivity index (χ1) is 7.24. The molecule has 1 aliphatic carbocycles. The molecule has 1 saturated heterocycles. The van der Waals surface area contributed by atoms with Crippen molar-refractivity contribution in [2.75, 3.05) is 26.9 Å². The Hall–Kier alpha value is -0.810. The van der Waals surface area contributed by atoms with Gasteiger partial charge in [0.25, 0.3) is 0 Å². The van der Waals surface area contributed by atoms with Gasteiger partial charge in [0, 0.05) is 26.2 Å². The lowest BCUT2D eigenvalue weighted by Gasteiger charge is -2.23. The van der Waals surface area contributed by atoms with Crippen molar-refractivity contribution in [3.05, 3.63) is 0 Å². The molecule has 0 radical (unpaired) electrons. The second-order valence-corrected chi connectivity index (χ2v) is 4.31. The van der Waals surface area contributed by atoms with E-state index in [1.165, 1.54) is 12.8 Å². The van der Waals surface area contributed by atoms with E-state index in [2.05, 4.69) is 10.3 Å². The standard InChI is InChI=1S/C10H19N3O2/c1-14-10(4-5-15-7-10)6-12-9(11)13-8-2-3-8/h8H,2-7H2,1H3,(H3,11,12,13). The van der Waals surface area contributed by atoms with E-state index in [0.29, 0.717) is 25.2 Å². The summed E-state index contributed by atoms with van der Waals surface area (Å²) in [6.07, 6.45) is 3.30. The highest BCUT2D eigenvalue weighted by molar-refractivity contribution is 5.78. The van der Waals surface area contributed by atoms with Crippen LogP contribution in [0.2, 0.25) is 0 Å². The highest BCUT2D eigenvalue weighted by Crippen LogP contribution is 2.23. The average Bonchev–Trinajstić information content (AvgIpc) is 2.93. The third-order valence-electron chi connectivity index (χ3n) is 2.97. The molecule has 5 heteroatoms. The number of hydrogen-bond acceptors (Lipinski definition) is 3. The molecular weight excluding hydrogens is 194 g/mol. The third-order valence-corrected chi connectivity index (χ3v) is 2.97. The van der Waals surface area contributed by atoms with Crippen molar-refractivity contribution in [3.8, 4) is 0 Å². The smallest absolute Gasteiger partial charge is 0.188 e. The lowest BCUT2D eigenvalue weighted by Crippen LogP contribution is -2.39. The zero-order valence-electron chi connectivity index (χ0n) is 9.16. The molecule has 1 atom stereocenters. The number of nitrogens with two attached hydrogens (primary N) is 1. The fourth-order valence-corrected chi connectivity index (χ4v) is 1.65. The van der Waals surface area contributed by atoms with Crippen molar-refractivity contribution < 1.29 is 9.47 Å². The normalized spacial score (nSPS) is 31.9. The highest BCUT2D eigenvalue weighted by atomic mass is 16.5. The molecule has 1 aliphatic heterocycles. The van der Waals surface area contributed by atoms with Crippen molar-refractivity contribution in [2.45, 2.75) is 30.9 Å². The quantitative estimate of drug-likeness (QED) is 0.504. The molecule has 0 aromatic carbocycles. The minimum atomic E-state index is -0.254. The van der Waals surface area contributed by atoms with Crippen LogP contribution < -0.4 is 11.1 Å². The van der Waals surface area contributed by atoms with Crippen LogP contribution in [0.15, 0.2) is 4.99 Å². The summed E-state index contributed by atoms with van der Waals surface area (Å²) in [5.41, 5.74) is 5.49. The number of aliphatic imine (C=N–C) groups is 1. The van der Waals surface area contributed by atoms with E-state index in [1.54, 1.807) is 7.11 Å². The second-order valence-electron chi connectivity index (χ2n) is 4.31. The number of ether oxygens (including phenoxy) is 2. The van der Waals surface area contributed by atoms with Crippen molar-refractivity contribution in [1.29, 1.82) is 0 Å². The maximum absolute atomic E-state index is 5.75. The van der Waals surface area contributed by atoms with Crippen LogP contribution in [0.1, 0.15) is 19.3 Å². The Morgan fingerprint density at radius 2 is 2.47 bits per heavy atom. The molecule has 0 aromatic heterocycles. The minimum Gasteiger partial charge on any atom is -0.378 e. The zero-order chi connectivity index (χ0) is 10.7. The first kappa shape index (κ1) is 10.7. The molecule has 0 bridgehead atoms. The van der Waals surface area contributed by atoms with E-state index in [0.717, 1.165) is 13.0 Å². The Balaban J connectivity index is 1.83. The molecule has 0 amide bonds. The molecular formula is C10H19N3O2. The van der Waals surface area contributed by atoms with Gasteiger partial charge in [0.1, 0.15) is 5.60 Å². The summed E-state index contributed by atoms with van der Waals surface area (Å²) in [5.74, 6) is 0.529. The summed E-state index contributed by atoms with van der Waals surface area (Å²) in [4.78, 5) is 4.31. The molecule has 86 valence electrons. The van der Waals surface area contributed by atoms with E-state index >= 15 is 0 Å². The van der Waals surface area contributed by atoms with Gasteiger partial charge in [-0.1, -0.05) is 0 Å². The van der Waals surface area contributed by atoms with Gasteiger partial charge in [0.05, 0.1) is 13.2 Å². The van der Waals surface area contributed by atoms with Crippen LogP contribution in [0, 0.1) is 0 Å². The Kier molecular flexibility index (Phi) is 3.11.